The van der Waals surface area contributed by atoms with Crippen LogP contribution in [0.4, 0.5) is 0 Å². The summed E-state index contributed by atoms with van der Waals surface area (Å²) in [6.07, 6.45) is 4.58. The van der Waals surface area contributed by atoms with Gasteiger partial charge in [0.05, 0.1) is 0 Å². The molecule has 1 heterocycles. The van der Waals surface area contributed by atoms with Crippen molar-refractivity contribution < 1.29 is 14.4 Å². The van der Waals surface area contributed by atoms with Gasteiger partial charge in [-0.25, -0.2) is 0 Å². The highest BCUT2D eigenvalue weighted by Gasteiger charge is 2.56. The maximum absolute atomic E-state index is 12.5. The Morgan fingerprint density at radius 1 is 1.18 bits per heavy atom. The Bertz CT molecular complexity index is 406. The second-order valence-electron chi connectivity index (χ2n) is 5.81. The molecule has 0 spiro atoms. The van der Waals surface area contributed by atoms with Crippen molar-refractivity contribution in [1.82, 2.24) is 4.90 Å². The van der Waals surface area contributed by atoms with Crippen molar-refractivity contribution in [3.8, 4) is 0 Å². The van der Waals surface area contributed by atoms with Crippen LogP contribution in [0.15, 0.2) is 12.2 Å². The van der Waals surface area contributed by atoms with E-state index in [-0.39, 0.29) is 17.6 Å². The van der Waals surface area contributed by atoms with Crippen LogP contribution >= 0.6 is 0 Å². The van der Waals surface area contributed by atoms with Crippen molar-refractivity contribution in [2.24, 2.45) is 5.41 Å². The standard InChI is InChI=1S/C13H17NO3/c1-12(2,3)11(17)13(7-4-8-13)14-9(15)5-6-10(14)16/h5-6H,4,7-8H2,1-3H3. The molecule has 1 saturated carbocycles. The first-order valence-corrected chi connectivity index (χ1v) is 5.90. The van der Waals surface area contributed by atoms with E-state index in [1.54, 1.807) is 0 Å². The Balaban J connectivity index is 2.36. The average molecular weight is 235 g/mol. The van der Waals surface area contributed by atoms with Crippen LogP contribution in [0.5, 0.6) is 0 Å². The number of hydrogen-bond donors (Lipinski definition) is 0. The van der Waals surface area contributed by atoms with Crippen LogP contribution in [0.25, 0.3) is 0 Å². The van der Waals surface area contributed by atoms with Gasteiger partial charge < -0.3 is 0 Å². The lowest BCUT2D eigenvalue weighted by molar-refractivity contribution is -0.160. The molecule has 0 aromatic heterocycles. The molecule has 1 aliphatic carbocycles. The summed E-state index contributed by atoms with van der Waals surface area (Å²) in [5.74, 6) is -0.721. The summed E-state index contributed by atoms with van der Waals surface area (Å²) in [5.41, 5.74) is -1.42. The molecule has 0 atom stereocenters. The minimum Gasteiger partial charge on any atom is -0.296 e. The number of Topliss-reactive ketones (excluding diaryl/α,β-unsaturated/α-hetero) is 1. The predicted octanol–water partition coefficient (Wildman–Crippen LogP) is 1.45. The van der Waals surface area contributed by atoms with E-state index in [2.05, 4.69) is 0 Å². The van der Waals surface area contributed by atoms with Crippen molar-refractivity contribution in [3.63, 3.8) is 0 Å². The highest BCUT2D eigenvalue weighted by molar-refractivity contribution is 6.16. The Kier molecular flexibility index (Phi) is 2.49. The summed E-state index contributed by atoms with van der Waals surface area (Å²) < 4.78 is 0. The molecular weight excluding hydrogens is 218 g/mol. The van der Waals surface area contributed by atoms with E-state index >= 15 is 0 Å². The molecule has 4 heteroatoms. The number of rotatable bonds is 2. The summed E-state index contributed by atoms with van der Waals surface area (Å²) in [7, 11) is 0. The van der Waals surface area contributed by atoms with Gasteiger partial charge in [-0.3, -0.25) is 19.3 Å². The van der Waals surface area contributed by atoms with E-state index in [0.717, 1.165) is 11.3 Å². The number of amides is 2. The van der Waals surface area contributed by atoms with Crippen molar-refractivity contribution in [2.45, 2.75) is 45.6 Å². The maximum Gasteiger partial charge on any atom is 0.254 e. The molecule has 0 aromatic carbocycles. The van der Waals surface area contributed by atoms with Crippen LogP contribution in [-0.4, -0.2) is 28.0 Å². The van der Waals surface area contributed by atoms with Crippen molar-refractivity contribution in [2.75, 3.05) is 0 Å². The molecular formula is C13H17NO3. The van der Waals surface area contributed by atoms with Gasteiger partial charge in [-0.2, -0.15) is 0 Å². The minimum absolute atomic E-state index is 0.0124. The van der Waals surface area contributed by atoms with Crippen LogP contribution in [0, 0.1) is 5.41 Å². The fraction of sp³-hybridized carbons (Fsp3) is 0.615. The Hall–Kier alpha value is -1.45. The molecule has 92 valence electrons. The van der Waals surface area contributed by atoms with E-state index in [0.29, 0.717) is 12.8 Å². The molecule has 0 radical (unpaired) electrons. The number of carbonyl (C=O) groups is 3. The quantitative estimate of drug-likeness (QED) is 0.681. The molecule has 0 aromatic rings. The van der Waals surface area contributed by atoms with E-state index in [9.17, 15) is 14.4 Å². The molecule has 0 bridgehead atoms. The van der Waals surface area contributed by atoms with Gasteiger partial charge in [-0.05, 0) is 19.3 Å². The highest BCUT2D eigenvalue weighted by atomic mass is 16.2. The average Bonchev–Trinajstić information content (AvgIpc) is 2.46. The highest BCUT2D eigenvalue weighted by Crippen LogP contribution is 2.44. The molecule has 2 aliphatic rings. The zero-order valence-electron chi connectivity index (χ0n) is 10.4. The van der Waals surface area contributed by atoms with Crippen LogP contribution in [0.2, 0.25) is 0 Å². The molecule has 0 saturated heterocycles. The summed E-state index contributed by atoms with van der Waals surface area (Å²) in [6.45, 7) is 5.48. The molecule has 2 amide bonds. The largest absolute Gasteiger partial charge is 0.296 e. The second-order valence-corrected chi connectivity index (χ2v) is 5.81. The number of nitrogens with zero attached hydrogens (tertiary/aromatic N) is 1. The maximum atomic E-state index is 12.5. The van der Waals surface area contributed by atoms with Gasteiger partial charge in [0.15, 0.2) is 5.78 Å². The van der Waals surface area contributed by atoms with E-state index in [4.69, 9.17) is 0 Å². The molecule has 0 unspecified atom stereocenters. The predicted molar refractivity (Wildman–Crippen MR) is 62.0 cm³/mol. The normalized spacial score (nSPS) is 22.9. The molecule has 1 aliphatic heterocycles. The van der Waals surface area contributed by atoms with Crippen LogP contribution in [0.1, 0.15) is 40.0 Å². The Morgan fingerprint density at radius 2 is 1.65 bits per heavy atom. The van der Waals surface area contributed by atoms with Gasteiger partial charge in [0.25, 0.3) is 11.8 Å². The Morgan fingerprint density at radius 3 is 1.94 bits per heavy atom. The molecule has 17 heavy (non-hydrogen) atoms. The van der Waals surface area contributed by atoms with Crippen LogP contribution < -0.4 is 0 Å². The number of imide groups is 1. The van der Waals surface area contributed by atoms with Gasteiger partial charge in [-0.15, -0.1) is 0 Å². The second kappa shape index (κ2) is 3.52. The van der Waals surface area contributed by atoms with Crippen LogP contribution in [-0.2, 0) is 14.4 Å². The number of hydrogen-bond acceptors (Lipinski definition) is 3. The molecule has 2 rings (SSSR count). The van der Waals surface area contributed by atoms with E-state index in [1.807, 2.05) is 20.8 Å². The SMILES string of the molecule is CC(C)(C)C(=O)C1(N2C(=O)C=CC2=O)CCC1. The van der Waals surface area contributed by atoms with Gasteiger partial charge in [0.1, 0.15) is 5.54 Å². The first kappa shape index (κ1) is 12.0. The first-order valence-electron chi connectivity index (χ1n) is 5.90. The summed E-state index contributed by atoms with van der Waals surface area (Å²) in [5, 5.41) is 0. The van der Waals surface area contributed by atoms with E-state index in [1.165, 1.54) is 12.2 Å². The number of carbonyl (C=O) groups excluding carboxylic acids is 3. The van der Waals surface area contributed by atoms with Crippen LogP contribution in [0.3, 0.4) is 0 Å². The zero-order chi connectivity index (χ0) is 12.8. The lowest BCUT2D eigenvalue weighted by Gasteiger charge is -2.48. The van der Waals surface area contributed by atoms with Gasteiger partial charge in [-0.1, -0.05) is 20.8 Å². The lowest BCUT2D eigenvalue weighted by atomic mass is 9.65. The summed E-state index contributed by atoms with van der Waals surface area (Å²) in [4.78, 5) is 37.1. The fourth-order valence-electron chi connectivity index (χ4n) is 2.58. The van der Waals surface area contributed by atoms with Gasteiger partial charge >= 0.3 is 0 Å². The topological polar surface area (TPSA) is 54.5 Å². The Labute approximate surface area is 101 Å². The number of ketones is 1. The van der Waals surface area contributed by atoms with Crippen molar-refractivity contribution in [3.05, 3.63) is 12.2 Å². The smallest absolute Gasteiger partial charge is 0.254 e. The third-order valence-electron chi connectivity index (χ3n) is 3.52. The minimum atomic E-state index is -0.879. The van der Waals surface area contributed by atoms with E-state index < -0.39 is 11.0 Å². The zero-order valence-corrected chi connectivity index (χ0v) is 10.4. The first-order chi connectivity index (χ1) is 7.79. The van der Waals surface area contributed by atoms with Gasteiger partial charge in [0.2, 0.25) is 0 Å². The lowest BCUT2D eigenvalue weighted by Crippen LogP contribution is -2.63. The summed E-state index contributed by atoms with van der Waals surface area (Å²) in [6, 6.07) is 0. The third kappa shape index (κ3) is 1.63. The van der Waals surface area contributed by atoms with Crippen molar-refractivity contribution in [1.29, 1.82) is 0 Å². The summed E-state index contributed by atoms with van der Waals surface area (Å²) >= 11 is 0. The molecule has 0 N–H and O–H groups in total. The monoisotopic (exact) mass is 235 g/mol. The van der Waals surface area contributed by atoms with Gasteiger partial charge in [0, 0.05) is 17.6 Å². The van der Waals surface area contributed by atoms with Crippen molar-refractivity contribution >= 4 is 17.6 Å². The third-order valence-corrected chi connectivity index (χ3v) is 3.52. The fourth-order valence-corrected chi connectivity index (χ4v) is 2.58. The molecule has 4 nitrogen and oxygen atoms in total. The molecule has 1 fully saturated rings.